The number of carbonyl (C=O) groups excluding carboxylic acids is 1. The predicted molar refractivity (Wildman–Crippen MR) is 59.0 cm³/mol. The average Bonchev–Trinajstić information content (AvgIpc) is 2.43. The Labute approximate surface area is 90.3 Å². The van der Waals surface area contributed by atoms with E-state index in [1.54, 1.807) is 0 Å². The highest BCUT2D eigenvalue weighted by atomic mass is 16.5. The van der Waals surface area contributed by atoms with Gasteiger partial charge in [0, 0.05) is 6.92 Å². The van der Waals surface area contributed by atoms with Gasteiger partial charge in [0.05, 0.1) is 0 Å². The van der Waals surface area contributed by atoms with E-state index in [2.05, 4.69) is 19.9 Å². The van der Waals surface area contributed by atoms with Crippen LogP contribution in [0.5, 0.6) is 5.75 Å². The van der Waals surface area contributed by atoms with Crippen LogP contribution in [0.4, 0.5) is 0 Å². The van der Waals surface area contributed by atoms with Crippen molar-refractivity contribution in [2.24, 2.45) is 5.92 Å². The van der Waals surface area contributed by atoms with E-state index in [1.165, 1.54) is 18.1 Å². The summed E-state index contributed by atoms with van der Waals surface area (Å²) in [7, 11) is 0. The molecule has 1 aliphatic carbocycles. The fourth-order valence-corrected chi connectivity index (χ4v) is 2.24. The second-order valence-corrected chi connectivity index (χ2v) is 4.42. The van der Waals surface area contributed by atoms with Gasteiger partial charge in [-0.15, -0.1) is 0 Å². The van der Waals surface area contributed by atoms with Gasteiger partial charge in [-0.25, -0.2) is 0 Å². The first-order valence-corrected chi connectivity index (χ1v) is 5.39. The van der Waals surface area contributed by atoms with E-state index in [9.17, 15) is 4.79 Å². The normalized spacial score (nSPS) is 23.7. The minimum Gasteiger partial charge on any atom is -0.427 e. The number of rotatable bonds is 1. The van der Waals surface area contributed by atoms with Crippen molar-refractivity contribution in [2.45, 2.75) is 33.1 Å². The fourth-order valence-electron chi connectivity index (χ4n) is 2.24. The summed E-state index contributed by atoms with van der Waals surface area (Å²) in [5, 5.41) is 0. The molecule has 1 aromatic carbocycles. The minimum atomic E-state index is -0.256. The van der Waals surface area contributed by atoms with E-state index in [-0.39, 0.29) is 5.97 Å². The van der Waals surface area contributed by atoms with Crippen molar-refractivity contribution in [3.63, 3.8) is 0 Å². The van der Waals surface area contributed by atoms with Gasteiger partial charge in [0.25, 0.3) is 0 Å². The van der Waals surface area contributed by atoms with Crippen LogP contribution in [0.25, 0.3) is 0 Å². The Hall–Kier alpha value is -1.31. The first kappa shape index (κ1) is 10.2. The molecule has 0 fully saturated rings. The molecule has 2 unspecified atom stereocenters. The van der Waals surface area contributed by atoms with Crippen molar-refractivity contribution in [1.29, 1.82) is 0 Å². The Balaban J connectivity index is 2.31. The SMILES string of the molecule is CC(=O)Oc1ccc2c(c1)C(C)C(C)C2. The molecular weight excluding hydrogens is 188 g/mol. The largest absolute Gasteiger partial charge is 0.427 e. The van der Waals surface area contributed by atoms with Crippen LogP contribution in [0, 0.1) is 5.92 Å². The third kappa shape index (κ3) is 1.89. The lowest BCUT2D eigenvalue weighted by molar-refractivity contribution is -0.131. The van der Waals surface area contributed by atoms with Crippen LogP contribution < -0.4 is 4.74 Å². The molecule has 80 valence electrons. The van der Waals surface area contributed by atoms with Gasteiger partial charge in [0.15, 0.2) is 0 Å². The van der Waals surface area contributed by atoms with Crippen LogP contribution >= 0.6 is 0 Å². The minimum absolute atomic E-state index is 0.256. The first-order chi connectivity index (χ1) is 7.08. The van der Waals surface area contributed by atoms with Crippen LogP contribution in [0.15, 0.2) is 18.2 Å². The lowest BCUT2D eigenvalue weighted by Crippen LogP contribution is -2.02. The lowest BCUT2D eigenvalue weighted by atomic mass is 9.96. The molecule has 0 radical (unpaired) electrons. The Morgan fingerprint density at radius 3 is 2.80 bits per heavy atom. The fraction of sp³-hybridized carbons (Fsp3) is 0.462. The Bertz CT molecular complexity index is 396. The molecule has 2 heteroatoms. The van der Waals surface area contributed by atoms with E-state index in [4.69, 9.17) is 4.74 Å². The molecule has 0 heterocycles. The van der Waals surface area contributed by atoms with Crippen LogP contribution in [-0.2, 0) is 11.2 Å². The molecule has 0 saturated heterocycles. The number of fused-ring (bicyclic) bond motifs is 1. The second-order valence-electron chi connectivity index (χ2n) is 4.42. The molecule has 1 aliphatic rings. The second kappa shape index (κ2) is 3.69. The van der Waals surface area contributed by atoms with Gasteiger partial charge >= 0.3 is 5.97 Å². The van der Waals surface area contributed by atoms with Crippen LogP contribution in [0.2, 0.25) is 0 Å². The van der Waals surface area contributed by atoms with Gasteiger partial charge in [-0.1, -0.05) is 19.9 Å². The summed E-state index contributed by atoms with van der Waals surface area (Å²) in [4.78, 5) is 10.8. The predicted octanol–water partition coefficient (Wildman–Crippen LogP) is 2.91. The molecule has 15 heavy (non-hydrogen) atoms. The molecule has 2 nitrogen and oxygen atoms in total. The molecule has 0 amide bonds. The van der Waals surface area contributed by atoms with Crippen molar-refractivity contribution in [2.75, 3.05) is 0 Å². The Morgan fingerprint density at radius 1 is 1.40 bits per heavy atom. The van der Waals surface area contributed by atoms with E-state index >= 15 is 0 Å². The average molecular weight is 204 g/mol. The maximum atomic E-state index is 10.8. The summed E-state index contributed by atoms with van der Waals surface area (Å²) in [5.74, 6) is 1.67. The zero-order valence-electron chi connectivity index (χ0n) is 9.41. The third-order valence-electron chi connectivity index (χ3n) is 3.26. The lowest BCUT2D eigenvalue weighted by Gasteiger charge is -2.10. The van der Waals surface area contributed by atoms with Gasteiger partial charge in [-0.3, -0.25) is 4.79 Å². The smallest absolute Gasteiger partial charge is 0.308 e. The summed E-state index contributed by atoms with van der Waals surface area (Å²) >= 11 is 0. The molecule has 0 saturated carbocycles. The summed E-state index contributed by atoms with van der Waals surface area (Å²) in [6, 6.07) is 5.96. The van der Waals surface area contributed by atoms with Crippen molar-refractivity contribution in [3.8, 4) is 5.75 Å². The van der Waals surface area contributed by atoms with Gasteiger partial charge in [0.1, 0.15) is 5.75 Å². The van der Waals surface area contributed by atoms with Crippen LogP contribution in [0.3, 0.4) is 0 Å². The number of esters is 1. The summed E-state index contributed by atoms with van der Waals surface area (Å²) < 4.78 is 5.08. The Morgan fingerprint density at radius 2 is 2.13 bits per heavy atom. The van der Waals surface area contributed by atoms with Crippen molar-refractivity contribution in [3.05, 3.63) is 29.3 Å². The van der Waals surface area contributed by atoms with Crippen LogP contribution in [0.1, 0.15) is 37.8 Å². The summed E-state index contributed by atoms with van der Waals surface area (Å²) in [5.41, 5.74) is 2.73. The molecule has 0 aliphatic heterocycles. The van der Waals surface area contributed by atoms with Crippen molar-refractivity contribution >= 4 is 5.97 Å². The monoisotopic (exact) mass is 204 g/mol. The summed E-state index contributed by atoms with van der Waals surface area (Å²) in [6.07, 6.45) is 1.14. The number of hydrogen-bond donors (Lipinski definition) is 0. The van der Waals surface area contributed by atoms with Crippen molar-refractivity contribution in [1.82, 2.24) is 0 Å². The highest BCUT2D eigenvalue weighted by molar-refractivity contribution is 5.69. The molecule has 0 bridgehead atoms. The molecule has 0 N–H and O–H groups in total. The standard InChI is InChI=1S/C13H16O2/c1-8-6-11-4-5-12(15-10(3)14)7-13(11)9(8)2/h4-5,7-9H,6H2,1-3H3. The number of ether oxygens (including phenoxy) is 1. The quantitative estimate of drug-likeness (QED) is 0.519. The maximum absolute atomic E-state index is 10.8. The topological polar surface area (TPSA) is 26.3 Å². The number of hydrogen-bond acceptors (Lipinski definition) is 2. The zero-order chi connectivity index (χ0) is 11.0. The van der Waals surface area contributed by atoms with E-state index in [0.29, 0.717) is 17.6 Å². The van der Waals surface area contributed by atoms with Crippen LogP contribution in [-0.4, -0.2) is 5.97 Å². The van der Waals surface area contributed by atoms with Gasteiger partial charge < -0.3 is 4.74 Å². The molecule has 2 rings (SSSR count). The third-order valence-corrected chi connectivity index (χ3v) is 3.26. The molecule has 1 aromatic rings. The first-order valence-electron chi connectivity index (χ1n) is 5.39. The highest BCUT2D eigenvalue weighted by Crippen LogP contribution is 2.38. The van der Waals surface area contributed by atoms with Gasteiger partial charge in [-0.05, 0) is 41.5 Å². The Kier molecular flexibility index (Phi) is 2.51. The van der Waals surface area contributed by atoms with E-state index in [1.807, 2.05) is 12.1 Å². The van der Waals surface area contributed by atoms with Gasteiger partial charge in [0.2, 0.25) is 0 Å². The number of benzene rings is 1. The molecule has 0 aromatic heterocycles. The molecular formula is C13H16O2. The summed E-state index contributed by atoms with van der Waals surface area (Å²) in [6.45, 7) is 5.92. The highest BCUT2D eigenvalue weighted by Gasteiger charge is 2.25. The van der Waals surface area contributed by atoms with E-state index < -0.39 is 0 Å². The van der Waals surface area contributed by atoms with E-state index in [0.717, 1.165) is 6.42 Å². The van der Waals surface area contributed by atoms with Gasteiger partial charge in [-0.2, -0.15) is 0 Å². The number of carbonyl (C=O) groups is 1. The maximum Gasteiger partial charge on any atom is 0.308 e. The molecule has 0 spiro atoms. The zero-order valence-corrected chi connectivity index (χ0v) is 9.41. The van der Waals surface area contributed by atoms with Crippen molar-refractivity contribution < 1.29 is 9.53 Å². The molecule has 2 atom stereocenters.